The van der Waals surface area contributed by atoms with Crippen molar-refractivity contribution in [3.05, 3.63) is 58.2 Å². The second kappa shape index (κ2) is 5.81. The van der Waals surface area contributed by atoms with Crippen LogP contribution < -0.4 is 10.5 Å². The molecule has 0 spiro atoms. The minimum atomic E-state index is 0.0687. The summed E-state index contributed by atoms with van der Waals surface area (Å²) in [5.74, 6) is 0.594. The van der Waals surface area contributed by atoms with E-state index in [1.807, 2.05) is 0 Å². The molecule has 0 radical (unpaired) electrons. The zero-order valence-electron chi connectivity index (χ0n) is 11.2. The molecule has 1 unspecified atom stereocenters. The molecule has 1 atom stereocenters. The van der Waals surface area contributed by atoms with Crippen molar-refractivity contribution in [2.75, 3.05) is 0 Å². The summed E-state index contributed by atoms with van der Waals surface area (Å²) >= 11 is 6.02. The van der Waals surface area contributed by atoms with E-state index in [0.29, 0.717) is 23.1 Å². The molecule has 4 heteroatoms. The fourth-order valence-electron chi connectivity index (χ4n) is 2.65. The maximum Gasteiger partial charge on any atom is 0.214 e. The quantitative estimate of drug-likeness (QED) is 0.938. The van der Waals surface area contributed by atoms with Crippen LogP contribution in [0.25, 0.3) is 0 Å². The molecule has 0 amide bonds. The molecule has 3 rings (SSSR count). The van der Waals surface area contributed by atoms with Gasteiger partial charge in [0.2, 0.25) is 5.88 Å². The van der Waals surface area contributed by atoms with Gasteiger partial charge in [0.25, 0.3) is 0 Å². The van der Waals surface area contributed by atoms with Crippen molar-refractivity contribution in [1.29, 1.82) is 0 Å². The maximum absolute atomic E-state index is 6.05. The lowest BCUT2D eigenvalue weighted by molar-refractivity contribution is 0.175. The molecule has 0 saturated carbocycles. The predicted octanol–water partition coefficient (Wildman–Crippen LogP) is 3.65. The smallest absolute Gasteiger partial charge is 0.214 e. The van der Waals surface area contributed by atoms with Crippen molar-refractivity contribution < 1.29 is 4.74 Å². The van der Waals surface area contributed by atoms with Gasteiger partial charge in [0, 0.05) is 12.6 Å². The highest BCUT2D eigenvalue weighted by atomic mass is 35.5. The van der Waals surface area contributed by atoms with E-state index < -0.39 is 0 Å². The third-order valence-electron chi connectivity index (χ3n) is 3.66. The van der Waals surface area contributed by atoms with E-state index in [1.54, 1.807) is 12.1 Å². The number of nitrogens with zero attached hydrogens (tertiary/aromatic N) is 1. The number of benzene rings is 1. The number of aryl methyl sites for hydroxylation is 1. The molecule has 1 aliphatic rings. The van der Waals surface area contributed by atoms with Crippen molar-refractivity contribution in [1.82, 2.24) is 4.98 Å². The van der Waals surface area contributed by atoms with Crippen LogP contribution in [0.2, 0.25) is 5.02 Å². The first kappa shape index (κ1) is 13.4. The Hall–Kier alpha value is -1.58. The first-order valence-electron chi connectivity index (χ1n) is 6.88. The second-order valence-electron chi connectivity index (χ2n) is 4.98. The molecule has 0 fully saturated rings. The van der Waals surface area contributed by atoms with Gasteiger partial charge in [-0.05, 0) is 36.5 Å². The minimum Gasteiger partial charge on any atom is -0.469 e. The summed E-state index contributed by atoms with van der Waals surface area (Å²) in [6, 6.07) is 12.0. The van der Waals surface area contributed by atoms with E-state index in [4.69, 9.17) is 22.1 Å². The van der Waals surface area contributed by atoms with Gasteiger partial charge in [0.15, 0.2) is 0 Å². The van der Waals surface area contributed by atoms with Crippen LogP contribution in [0.5, 0.6) is 5.88 Å². The molecule has 1 heterocycles. The molecule has 2 aromatic rings. The summed E-state index contributed by atoms with van der Waals surface area (Å²) in [5.41, 5.74) is 8.94. The Kier molecular flexibility index (Phi) is 3.90. The summed E-state index contributed by atoms with van der Waals surface area (Å²) < 4.78 is 6.05. The molecule has 3 nitrogen and oxygen atoms in total. The Labute approximate surface area is 123 Å². The van der Waals surface area contributed by atoms with Crippen molar-refractivity contribution in [3.8, 4) is 5.88 Å². The van der Waals surface area contributed by atoms with Gasteiger partial charge in [-0.15, -0.1) is 0 Å². The maximum atomic E-state index is 6.05. The Morgan fingerprint density at radius 1 is 1.25 bits per heavy atom. The third kappa shape index (κ3) is 2.65. The van der Waals surface area contributed by atoms with E-state index in [0.717, 1.165) is 19.3 Å². The molecule has 0 saturated heterocycles. The number of hydrogen-bond acceptors (Lipinski definition) is 3. The standard InChI is InChI=1S/C16H17ClN2O/c17-13-8-9-16(19-14(13)10-18)20-15-7-3-5-11-4-1-2-6-12(11)15/h1-2,4,6,8-9,15H,3,5,7,10,18H2. The number of halogens is 1. The van der Waals surface area contributed by atoms with Gasteiger partial charge in [-0.2, -0.15) is 0 Å². The summed E-state index contributed by atoms with van der Waals surface area (Å²) in [5, 5.41) is 0.587. The predicted molar refractivity (Wildman–Crippen MR) is 79.9 cm³/mol. The first-order valence-corrected chi connectivity index (χ1v) is 7.25. The van der Waals surface area contributed by atoms with Crippen LogP contribution in [0.3, 0.4) is 0 Å². The molecule has 1 aliphatic carbocycles. The minimum absolute atomic E-state index is 0.0687. The van der Waals surface area contributed by atoms with Crippen LogP contribution in [0, 0.1) is 0 Å². The van der Waals surface area contributed by atoms with Crippen LogP contribution in [-0.4, -0.2) is 4.98 Å². The molecule has 104 valence electrons. The van der Waals surface area contributed by atoms with Crippen molar-refractivity contribution in [3.63, 3.8) is 0 Å². The second-order valence-corrected chi connectivity index (χ2v) is 5.39. The highest BCUT2D eigenvalue weighted by molar-refractivity contribution is 6.31. The Morgan fingerprint density at radius 2 is 2.10 bits per heavy atom. The molecule has 1 aromatic heterocycles. The van der Waals surface area contributed by atoms with Crippen LogP contribution >= 0.6 is 11.6 Å². The van der Waals surface area contributed by atoms with Gasteiger partial charge in [-0.1, -0.05) is 35.9 Å². The summed E-state index contributed by atoms with van der Waals surface area (Å²) in [7, 11) is 0. The lowest BCUT2D eigenvalue weighted by Crippen LogP contribution is -2.16. The monoisotopic (exact) mass is 288 g/mol. The summed E-state index contributed by atoms with van der Waals surface area (Å²) in [6.07, 6.45) is 3.34. The average Bonchev–Trinajstić information content (AvgIpc) is 2.49. The number of fused-ring (bicyclic) bond motifs is 1. The van der Waals surface area contributed by atoms with E-state index in [9.17, 15) is 0 Å². The van der Waals surface area contributed by atoms with E-state index >= 15 is 0 Å². The first-order chi connectivity index (χ1) is 9.78. The number of hydrogen-bond donors (Lipinski definition) is 1. The van der Waals surface area contributed by atoms with Gasteiger partial charge in [0.1, 0.15) is 6.10 Å². The summed E-state index contributed by atoms with van der Waals surface area (Å²) in [4.78, 5) is 4.38. The number of nitrogens with two attached hydrogens (primary N) is 1. The van der Waals surface area contributed by atoms with Crippen LogP contribution in [-0.2, 0) is 13.0 Å². The largest absolute Gasteiger partial charge is 0.469 e. The molecule has 2 N–H and O–H groups in total. The Morgan fingerprint density at radius 3 is 2.95 bits per heavy atom. The fourth-order valence-corrected chi connectivity index (χ4v) is 2.83. The van der Waals surface area contributed by atoms with Gasteiger partial charge >= 0.3 is 0 Å². The van der Waals surface area contributed by atoms with Crippen molar-refractivity contribution >= 4 is 11.6 Å². The Balaban J connectivity index is 1.85. The van der Waals surface area contributed by atoms with Gasteiger partial charge in [0.05, 0.1) is 10.7 Å². The number of rotatable bonds is 3. The Bertz CT molecular complexity index is 615. The molecule has 0 bridgehead atoms. The van der Waals surface area contributed by atoms with E-state index in [-0.39, 0.29) is 6.10 Å². The molecular weight excluding hydrogens is 272 g/mol. The third-order valence-corrected chi connectivity index (χ3v) is 4.01. The van der Waals surface area contributed by atoms with Crippen LogP contribution in [0.1, 0.15) is 35.8 Å². The zero-order valence-corrected chi connectivity index (χ0v) is 11.9. The molecule has 1 aromatic carbocycles. The van der Waals surface area contributed by atoms with Gasteiger partial charge in [-0.3, -0.25) is 0 Å². The lowest BCUT2D eigenvalue weighted by Gasteiger charge is -2.26. The van der Waals surface area contributed by atoms with Crippen molar-refractivity contribution in [2.24, 2.45) is 5.73 Å². The van der Waals surface area contributed by atoms with Crippen LogP contribution in [0.4, 0.5) is 0 Å². The molecule has 20 heavy (non-hydrogen) atoms. The van der Waals surface area contributed by atoms with Crippen molar-refractivity contribution in [2.45, 2.75) is 31.9 Å². The highest BCUT2D eigenvalue weighted by Crippen LogP contribution is 2.33. The lowest BCUT2D eigenvalue weighted by atomic mass is 9.89. The van der Waals surface area contributed by atoms with Gasteiger partial charge in [-0.25, -0.2) is 4.98 Å². The summed E-state index contributed by atoms with van der Waals surface area (Å²) in [6.45, 7) is 0.317. The normalized spacial score (nSPS) is 17.6. The van der Waals surface area contributed by atoms with E-state index in [1.165, 1.54) is 11.1 Å². The topological polar surface area (TPSA) is 48.1 Å². The average molecular weight is 289 g/mol. The number of ether oxygens (including phenoxy) is 1. The fraction of sp³-hybridized carbons (Fsp3) is 0.312. The number of pyridine rings is 1. The van der Waals surface area contributed by atoms with E-state index in [2.05, 4.69) is 29.2 Å². The zero-order chi connectivity index (χ0) is 13.9. The van der Waals surface area contributed by atoms with Crippen LogP contribution in [0.15, 0.2) is 36.4 Å². The highest BCUT2D eigenvalue weighted by Gasteiger charge is 2.21. The van der Waals surface area contributed by atoms with Gasteiger partial charge < -0.3 is 10.5 Å². The molecular formula is C16H17ClN2O. The number of aromatic nitrogens is 1. The molecule has 0 aliphatic heterocycles. The SMILES string of the molecule is NCc1nc(OC2CCCc3ccccc32)ccc1Cl.